The van der Waals surface area contributed by atoms with E-state index in [2.05, 4.69) is 0 Å². The lowest BCUT2D eigenvalue weighted by Gasteiger charge is -2.07. The summed E-state index contributed by atoms with van der Waals surface area (Å²) < 4.78 is 10.0. The van der Waals surface area contributed by atoms with Gasteiger partial charge in [0.2, 0.25) is 0 Å². The summed E-state index contributed by atoms with van der Waals surface area (Å²) in [4.78, 5) is 22.7. The predicted octanol–water partition coefficient (Wildman–Crippen LogP) is 2.71. The van der Waals surface area contributed by atoms with E-state index >= 15 is 0 Å². The summed E-state index contributed by atoms with van der Waals surface area (Å²) in [5, 5.41) is 0. The van der Waals surface area contributed by atoms with Crippen LogP contribution in [0.2, 0.25) is 0 Å². The molecule has 0 aliphatic heterocycles. The fraction of sp³-hybridized carbons (Fsp3) is 0.467. The average molecular weight is 264 g/mol. The lowest BCUT2D eigenvalue weighted by atomic mass is 10.2. The number of hydrogen-bond acceptors (Lipinski definition) is 4. The highest BCUT2D eigenvalue weighted by Crippen LogP contribution is 2.04. The van der Waals surface area contributed by atoms with Gasteiger partial charge >= 0.3 is 11.9 Å². The number of carbonyl (C=O) groups is 2. The van der Waals surface area contributed by atoms with Crippen molar-refractivity contribution >= 4 is 11.9 Å². The molecule has 0 atom stereocenters. The first-order chi connectivity index (χ1) is 9.08. The maximum atomic E-state index is 11.4. The van der Waals surface area contributed by atoms with Crippen molar-refractivity contribution in [2.45, 2.75) is 33.3 Å². The van der Waals surface area contributed by atoms with E-state index < -0.39 is 0 Å². The van der Waals surface area contributed by atoms with Gasteiger partial charge in [-0.05, 0) is 11.5 Å². The minimum atomic E-state index is -0.384. The van der Waals surface area contributed by atoms with Crippen LogP contribution in [0.15, 0.2) is 30.3 Å². The second-order valence-electron chi connectivity index (χ2n) is 4.72. The second kappa shape index (κ2) is 8.29. The summed E-state index contributed by atoms with van der Waals surface area (Å²) in [6.45, 7) is 4.54. The summed E-state index contributed by atoms with van der Waals surface area (Å²) in [7, 11) is 0. The molecule has 0 aliphatic carbocycles. The largest absolute Gasteiger partial charge is 0.465 e. The molecule has 0 unspecified atom stereocenters. The number of hydrogen-bond donors (Lipinski definition) is 0. The molecule has 1 aromatic rings. The Bertz CT molecular complexity index is 398. The average Bonchev–Trinajstić information content (AvgIpc) is 2.41. The Balaban J connectivity index is 2.16. The minimum Gasteiger partial charge on any atom is -0.465 e. The van der Waals surface area contributed by atoms with Crippen molar-refractivity contribution in [2.24, 2.45) is 5.92 Å². The number of esters is 2. The van der Waals surface area contributed by atoms with Gasteiger partial charge in [-0.25, -0.2) is 0 Å². The molecule has 0 spiro atoms. The smallest absolute Gasteiger partial charge is 0.306 e. The first-order valence-corrected chi connectivity index (χ1v) is 6.43. The highest BCUT2D eigenvalue weighted by Gasteiger charge is 2.09. The molecule has 0 radical (unpaired) electrons. The molecule has 4 heteroatoms. The number of carbonyl (C=O) groups excluding carboxylic acids is 2. The van der Waals surface area contributed by atoms with Crippen LogP contribution in [0.25, 0.3) is 0 Å². The van der Waals surface area contributed by atoms with Crippen LogP contribution >= 0.6 is 0 Å². The molecule has 0 heterocycles. The lowest BCUT2D eigenvalue weighted by Crippen LogP contribution is -2.12. The molecule has 19 heavy (non-hydrogen) atoms. The zero-order valence-corrected chi connectivity index (χ0v) is 11.4. The van der Waals surface area contributed by atoms with Crippen LogP contribution in [0.1, 0.15) is 32.3 Å². The lowest BCUT2D eigenvalue weighted by molar-refractivity contribution is -0.151. The van der Waals surface area contributed by atoms with Gasteiger partial charge < -0.3 is 9.47 Å². The molecule has 0 amide bonds. The van der Waals surface area contributed by atoms with Crippen molar-refractivity contribution in [1.29, 1.82) is 0 Å². The molecule has 0 saturated heterocycles. The minimum absolute atomic E-state index is 0.0593. The van der Waals surface area contributed by atoms with Gasteiger partial charge in [-0.2, -0.15) is 0 Å². The van der Waals surface area contributed by atoms with E-state index in [9.17, 15) is 9.59 Å². The van der Waals surface area contributed by atoms with Gasteiger partial charge in [-0.3, -0.25) is 9.59 Å². The van der Waals surface area contributed by atoms with Crippen molar-refractivity contribution in [3.05, 3.63) is 35.9 Å². The van der Waals surface area contributed by atoms with Crippen LogP contribution in [0, 0.1) is 5.92 Å². The van der Waals surface area contributed by atoms with E-state index in [1.807, 2.05) is 44.2 Å². The summed E-state index contributed by atoms with van der Waals surface area (Å²) in [5.41, 5.74) is 0.929. The highest BCUT2D eigenvalue weighted by atomic mass is 16.5. The van der Waals surface area contributed by atoms with Crippen molar-refractivity contribution in [3.63, 3.8) is 0 Å². The fourth-order valence-electron chi connectivity index (χ4n) is 1.35. The summed E-state index contributed by atoms with van der Waals surface area (Å²) in [6, 6.07) is 9.42. The quantitative estimate of drug-likeness (QED) is 0.710. The Kier molecular flexibility index (Phi) is 6.64. The van der Waals surface area contributed by atoms with Gasteiger partial charge in [0.25, 0.3) is 0 Å². The third-order valence-corrected chi connectivity index (χ3v) is 2.35. The van der Waals surface area contributed by atoms with Gasteiger partial charge in [0, 0.05) is 0 Å². The summed E-state index contributed by atoms with van der Waals surface area (Å²) in [5.74, 6) is -0.440. The van der Waals surface area contributed by atoms with Crippen LogP contribution in [-0.4, -0.2) is 18.5 Å². The van der Waals surface area contributed by atoms with Gasteiger partial charge in [-0.15, -0.1) is 0 Å². The Morgan fingerprint density at radius 3 is 2.16 bits per heavy atom. The number of benzene rings is 1. The van der Waals surface area contributed by atoms with Gasteiger partial charge in [0.15, 0.2) is 0 Å². The maximum Gasteiger partial charge on any atom is 0.306 e. The highest BCUT2D eigenvalue weighted by molar-refractivity contribution is 5.77. The van der Waals surface area contributed by atoms with E-state index in [4.69, 9.17) is 9.47 Å². The molecule has 1 aromatic carbocycles. The Hall–Kier alpha value is -1.84. The van der Waals surface area contributed by atoms with Crippen LogP contribution in [-0.2, 0) is 25.7 Å². The van der Waals surface area contributed by atoms with E-state index in [0.717, 1.165) is 5.56 Å². The molecule has 0 fully saturated rings. The van der Waals surface area contributed by atoms with E-state index in [-0.39, 0.29) is 31.4 Å². The molecular weight excluding hydrogens is 244 g/mol. The zero-order chi connectivity index (χ0) is 14.1. The van der Waals surface area contributed by atoms with Crippen molar-refractivity contribution < 1.29 is 19.1 Å². The number of rotatable bonds is 7. The topological polar surface area (TPSA) is 52.6 Å². The standard InChI is InChI=1S/C15H20O4/c1-12(2)10-18-14(16)8-9-15(17)19-11-13-6-4-3-5-7-13/h3-7,12H,8-11H2,1-2H3. The zero-order valence-electron chi connectivity index (χ0n) is 11.4. The molecule has 0 bridgehead atoms. The molecule has 104 valence electrons. The van der Waals surface area contributed by atoms with Crippen LogP contribution in [0.4, 0.5) is 0 Å². The van der Waals surface area contributed by atoms with E-state index in [1.54, 1.807) is 0 Å². The Labute approximate surface area is 113 Å². The molecule has 4 nitrogen and oxygen atoms in total. The first kappa shape index (κ1) is 15.2. The van der Waals surface area contributed by atoms with Gasteiger partial charge in [0.1, 0.15) is 6.61 Å². The van der Waals surface area contributed by atoms with E-state index in [1.165, 1.54) is 0 Å². The Morgan fingerprint density at radius 2 is 1.58 bits per heavy atom. The maximum absolute atomic E-state index is 11.4. The third kappa shape index (κ3) is 7.24. The molecular formula is C15H20O4. The third-order valence-electron chi connectivity index (χ3n) is 2.35. The Morgan fingerprint density at radius 1 is 1.00 bits per heavy atom. The second-order valence-corrected chi connectivity index (χ2v) is 4.72. The molecule has 1 rings (SSSR count). The van der Waals surface area contributed by atoms with Crippen molar-refractivity contribution in [2.75, 3.05) is 6.61 Å². The molecule has 0 N–H and O–H groups in total. The van der Waals surface area contributed by atoms with Gasteiger partial charge in [0.05, 0.1) is 19.4 Å². The van der Waals surface area contributed by atoms with Crippen molar-refractivity contribution in [1.82, 2.24) is 0 Å². The van der Waals surface area contributed by atoms with Crippen LogP contribution < -0.4 is 0 Å². The monoisotopic (exact) mass is 264 g/mol. The molecule has 0 aliphatic rings. The molecule has 0 saturated carbocycles. The summed E-state index contributed by atoms with van der Waals surface area (Å²) in [6.07, 6.45) is 0.129. The normalized spacial score (nSPS) is 10.3. The molecule has 0 aromatic heterocycles. The van der Waals surface area contributed by atoms with Crippen LogP contribution in [0.5, 0.6) is 0 Å². The first-order valence-electron chi connectivity index (χ1n) is 6.43. The number of ether oxygens (including phenoxy) is 2. The predicted molar refractivity (Wildman–Crippen MR) is 71.3 cm³/mol. The SMILES string of the molecule is CC(C)COC(=O)CCC(=O)OCc1ccccc1. The fourth-order valence-corrected chi connectivity index (χ4v) is 1.35. The summed E-state index contributed by atoms with van der Waals surface area (Å²) >= 11 is 0. The van der Waals surface area contributed by atoms with Gasteiger partial charge in [-0.1, -0.05) is 44.2 Å². The van der Waals surface area contributed by atoms with Crippen LogP contribution in [0.3, 0.4) is 0 Å². The van der Waals surface area contributed by atoms with Crippen molar-refractivity contribution in [3.8, 4) is 0 Å². The van der Waals surface area contributed by atoms with E-state index in [0.29, 0.717) is 12.5 Å².